The number of hydrazone groups is 1. The molecule has 7 nitrogen and oxygen atoms in total. The van der Waals surface area contributed by atoms with Crippen LogP contribution >= 0.6 is 27.5 Å². The van der Waals surface area contributed by atoms with E-state index in [9.17, 15) is 14.0 Å². The molecule has 0 radical (unpaired) electrons. The van der Waals surface area contributed by atoms with Crippen LogP contribution in [0.5, 0.6) is 11.5 Å². The van der Waals surface area contributed by atoms with Crippen molar-refractivity contribution in [1.29, 1.82) is 0 Å². The molecule has 3 aromatic carbocycles. The molecule has 0 saturated carbocycles. The summed E-state index contributed by atoms with van der Waals surface area (Å²) in [5.74, 6) is -1.27. The molecular weight excluding hydrogens is 517 g/mol. The number of carbonyl (C=O) groups is 2. The van der Waals surface area contributed by atoms with E-state index in [4.69, 9.17) is 21.1 Å². The van der Waals surface area contributed by atoms with E-state index in [0.29, 0.717) is 32.2 Å². The molecule has 2 amide bonds. The third kappa shape index (κ3) is 7.03. The zero-order valence-corrected chi connectivity index (χ0v) is 19.6. The summed E-state index contributed by atoms with van der Waals surface area (Å²) in [4.78, 5) is 23.9. The van der Waals surface area contributed by atoms with Gasteiger partial charge >= 0.3 is 11.8 Å². The fraction of sp³-hybridized carbons (Fsp3) is 0.0870. The highest BCUT2D eigenvalue weighted by atomic mass is 79.9. The Bertz CT molecular complexity index is 1170. The van der Waals surface area contributed by atoms with Gasteiger partial charge in [-0.15, -0.1) is 0 Å². The van der Waals surface area contributed by atoms with Crippen molar-refractivity contribution in [2.24, 2.45) is 5.10 Å². The second-order valence-electron chi connectivity index (χ2n) is 6.61. The van der Waals surface area contributed by atoms with Crippen molar-refractivity contribution in [3.63, 3.8) is 0 Å². The fourth-order valence-corrected chi connectivity index (χ4v) is 3.33. The molecule has 33 heavy (non-hydrogen) atoms. The van der Waals surface area contributed by atoms with Gasteiger partial charge in [0.1, 0.15) is 12.4 Å². The standard InChI is InChI=1S/C23H18BrClFN3O4/c1-32-20-11-15(10-19(24)21(20)33-13-14-2-6-17(26)7-3-14)12-27-29-23(31)22(30)28-18-8-4-16(25)5-9-18/h2-12H,13H2,1H3,(H,28,30)(H,29,31). The third-order valence-electron chi connectivity index (χ3n) is 4.24. The second-order valence-corrected chi connectivity index (χ2v) is 7.90. The Morgan fingerprint density at radius 3 is 2.45 bits per heavy atom. The van der Waals surface area contributed by atoms with Crippen molar-refractivity contribution in [1.82, 2.24) is 5.43 Å². The van der Waals surface area contributed by atoms with E-state index in [1.807, 2.05) is 0 Å². The smallest absolute Gasteiger partial charge is 0.329 e. The molecule has 2 N–H and O–H groups in total. The number of carbonyl (C=O) groups excluding carboxylic acids is 2. The molecule has 170 valence electrons. The number of anilines is 1. The quantitative estimate of drug-likeness (QED) is 0.256. The molecule has 0 unspecified atom stereocenters. The molecule has 0 aromatic heterocycles. The monoisotopic (exact) mass is 533 g/mol. The lowest BCUT2D eigenvalue weighted by molar-refractivity contribution is -0.136. The van der Waals surface area contributed by atoms with Gasteiger partial charge < -0.3 is 14.8 Å². The minimum atomic E-state index is -0.938. The van der Waals surface area contributed by atoms with E-state index in [-0.39, 0.29) is 12.4 Å². The molecule has 0 saturated heterocycles. The van der Waals surface area contributed by atoms with Gasteiger partial charge in [-0.2, -0.15) is 5.10 Å². The number of benzene rings is 3. The Morgan fingerprint density at radius 2 is 1.79 bits per heavy atom. The molecule has 0 aliphatic carbocycles. The number of hydrogen-bond donors (Lipinski definition) is 2. The summed E-state index contributed by atoms with van der Waals surface area (Å²) >= 11 is 9.21. The van der Waals surface area contributed by atoms with Crippen LogP contribution in [0.3, 0.4) is 0 Å². The van der Waals surface area contributed by atoms with E-state index >= 15 is 0 Å². The average molecular weight is 535 g/mol. The number of nitrogens with zero attached hydrogens (tertiary/aromatic N) is 1. The lowest BCUT2D eigenvalue weighted by Crippen LogP contribution is -2.32. The Morgan fingerprint density at radius 1 is 1.09 bits per heavy atom. The molecule has 0 aliphatic rings. The fourth-order valence-electron chi connectivity index (χ4n) is 2.63. The lowest BCUT2D eigenvalue weighted by atomic mass is 10.2. The van der Waals surface area contributed by atoms with Crippen LogP contribution in [0.15, 0.2) is 70.2 Å². The number of halogens is 3. The van der Waals surface area contributed by atoms with Gasteiger partial charge in [-0.3, -0.25) is 9.59 Å². The molecule has 3 aromatic rings. The largest absolute Gasteiger partial charge is 0.493 e. The molecule has 10 heteroatoms. The SMILES string of the molecule is COc1cc(C=NNC(=O)C(=O)Nc2ccc(Cl)cc2)cc(Br)c1OCc1ccc(F)cc1. The highest BCUT2D eigenvalue weighted by Gasteiger charge is 2.14. The van der Waals surface area contributed by atoms with Crippen molar-refractivity contribution < 1.29 is 23.5 Å². The third-order valence-corrected chi connectivity index (χ3v) is 5.08. The zero-order valence-electron chi connectivity index (χ0n) is 17.3. The van der Waals surface area contributed by atoms with Gasteiger partial charge in [0.25, 0.3) is 0 Å². The number of rotatable bonds is 7. The van der Waals surface area contributed by atoms with E-state index in [2.05, 4.69) is 31.8 Å². The molecule has 0 spiro atoms. The van der Waals surface area contributed by atoms with Crippen LogP contribution in [0.2, 0.25) is 5.02 Å². The Hall–Kier alpha value is -3.43. The van der Waals surface area contributed by atoms with Crippen LogP contribution in [-0.2, 0) is 16.2 Å². The van der Waals surface area contributed by atoms with Crippen molar-refractivity contribution in [2.45, 2.75) is 6.61 Å². The molecular formula is C23H18BrClFN3O4. The molecule has 0 heterocycles. The maximum atomic E-state index is 13.1. The van der Waals surface area contributed by atoms with Crippen LogP contribution in [0, 0.1) is 5.82 Å². The van der Waals surface area contributed by atoms with E-state index in [1.54, 1.807) is 48.5 Å². The first-order chi connectivity index (χ1) is 15.9. The van der Waals surface area contributed by atoms with Crippen molar-refractivity contribution >= 4 is 51.2 Å². The van der Waals surface area contributed by atoms with Crippen LogP contribution < -0.4 is 20.2 Å². The van der Waals surface area contributed by atoms with Crippen molar-refractivity contribution in [3.8, 4) is 11.5 Å². The maximum absolute atomic E-state index is 13.1. The predicted molar refractivity (Wildman–Crippen MR) is 127 cm³/mol. The lowest BCUT2D eigenvalue weighted by Gasteiger charge is -2.13. The van der Waals surface area contributed by atoms with Gasteiger partial charge in [-0.05, 0) is 75.6 Å². The number of nitrogens with one attached hydrogen (secondary N) is 2. The molecule has 0 aliphatic heterocycles. The average Bonchev–Trinajstić information content (AvgIpc) is 2.80. The van der Waals surface area contributed by atoms with Crippen LogP contribution in [-0.4, -0.2) is 25.1 Å². The summed E-state index contributed by atoms with van der Waals surface area (Å²) in [6.45, 7) is 0.210. The first-order valence-electron chi connectivity index (χ1n) is 9.50. The first-order valence-corrected chi connectivity index (χ1v) is 10.7. The summed E-state index contributed by atoms with van der Waals surface area (Å²) in [7, 11) is 1.48. The Kier molecular flexibility index (Phi) is 8.39. The molecule has 0 fully saturated rings. The van der Waals surface area contributed by atoms with Gasteiger partial charge in [0.2, 0.25) is 0 Å². The van der Waals surface area contributed by atoms with Crippen molar-refractivity contribution in [3.05, 3.63) is 87.1 Å². The predicted octanol–water partition coefficient (Wildman–Crippen LogP) is 4.92. The Balaban J connectivity index is 1.61. The minimum Gasteiger partial charge on any atom is -0.493 e. The van der Waals surface area contributed by atoms with Crippen LogP contribution in [0.25, 0.3) is 0 Å². The normalized spacial score (nSPS) is 10.7. The summed E-state index contributed by atoms with van der Waals surface area (Å²) < 4.78 is 24.8. The van der Waals surface area contributed by atoms with Gasteiger partial charge in [0.05, 0.1) is 17.8 Å². The number of amides is 2. The van der Waals surface area contributed by atoms with Gasteiger partial charge in [-0.1, -0.05) is 23.7 Å². The molecule has 0 bridgehead atoms. The highest BCUT2D eigenvalue weighted by molar-refractivity contribution is 9.10. The number of methoxy groups -OCH3 is 1. The minimum absolute atomic E-state index is 0.210. The van der Waals surface area contributed by atoms with Crippen molar-refractivity contribution in [2.75, 3.05) is 12.4 Å². The van der Waals surface area contributed by atoms with Gasteiger partial charge in [-0.25, -0.2) is 9.82 Å². The zero-order chi connectivity index (χ0) is 23.8. The number of ether oxygens (including phenoxy) is 2. The number of hydrogen-bond acceptors (Lipinski definition) is 5. The summed E-state index contributed by atoms with van der Waals surface area (Å²) in [5.41, 5.74) is 3.95. The topological polar surface area (TPSA) is 89.0 Å². The molecule has 0 atom stereocenters. The first kappa shape index (κ1) is 24.2. The van der Waals surface area contributed by atoms with E-state index in [0.717, 1.165) is 5.56 Å². The summed E-state index contributed by atoms with van der Waals surface area (Å²) in [5, 5.41) is 6.75. The van der Waals surface area contributed by atoms with E-state index < -0.39 is 11.8 Å². The van der Waals surface area contributed by atoms with E-state index in [1.165, 1.54) is 25.5 Å². The second kappa shape index (κ2) is 11.4. The summed E-state index contributed by atoms with van der Waals surface area (Å²) in [6.07, 6.45) is 1.35. The summed E-state index contributed by atoms with van der Waals surface area (Å²) in [6, 6.07) is 15.6. The highest BCUT2D eigenvalue weighted by Crippen LogP contribution is 2.36. The maximum Gasteiger partial charge on any atom is 0.329 e. The van der Waals surface area contributed by atoms with Crippen LogP contribution in [0.4, 0.5) is 10.1 Å². The van der Waals surface area contributed by atoms with Crippen LogP contribution in [0.1, 0.15) is 11.1 Å². The van der Waals surface area contributed by atoms with Gasteiger partial charge in [0, 0.05) is 10.7 Å². The van der Waals surface area contributed by atoms with Gasteiger partial charge in [0.15, 0.2) is 11.5 Å². The molecule has 3 rings (SSSR count). The Labute approximate surface area is 202 Å².